The highest BCUT2D eigenvalue weighted by Crippen LogP contribution is 2.14. The fourth-order valence-electron chi connectivity index (χ4n) is 1.95. The molecule has 1 aromatic carbocycles. The van der Waals surface area contributed by atoms with Crippen molar-refractivity contribution >= 4 is 0 Å². The van der Waals surface area contributed by atoms with Gasteiger partial charge in [0.05, 0.1) is 0 Å². The topological polar surface area (TPSA) is 3.24 Å². The Balaban J connectivity index is 2.64. The van der Waals surface area contributed by atoms with Crippen LogP contribution < -0.4 is 0 Å². The lowest BCUT2D eigenvalue weighted by molar-refractivity contribution is 0.160. The lowest BCUT2D eigenvalue weighted by Gasteiger charge is -2.31. The van der Waals surface area contributed by atoms with Crippen LogP contribution >= 0.6 is 0 Å². The Bertz CT molecular complexity index is 279. The highest BCUT2D eigenvalue weighted by Gasteiger charge is 2.16. The number of hydrogen-bond acceptors (Lipinski definition) is 1. The molecule has 0 aliphatic carbocycles. The van der Waals surface area contributed by atoms with Crippen molar-refractivity contribution in [3.63, 3.8) is 0 Å². The van der Waals surface area contributed by atoms with Crippen LogP contribution in [0.2, 0.25) is 0 Å². The molecule has 1 rings (SSSR count). The first-order chi connectivity index (χ1) is 7.65. The van der Waals surface area contributed by atoms with E-state index in [1.54, 1.807) is 0 Å². The normalized spacial score (nSPS) is 13.4. The lowest BCUT2D eigenvalue weighted by atomic mass is 10.0. The second kappa shape index (κ2) is 6.70. The summed E-state index contributed by atoms with van der Waals surface area (Å²) in [5, 5.41) is 0. The van der Waals surface area contributed by atoms with Crippen LogP contribution in [0, 0.1) is 5.92 Å². The third kappa shape index (κ3) is 3.97. The largest absolute Gasteiger partial charge is 0.296 e. The quantitative estimate of drug-likeness (QED) is 0.700. The van der Waals surface area contributed by atoms with Gasteiger partial charge in [-0.2, -0.15) is 0 Å². The third-order valence-electron chi connectivity index (χ3n) is 3.28. The Morgan fingerprint density at radius 2 is 1.69 bits per heavy atom. The van der Waals surface area contributed by atoms with Crippen molar-refractivity contribution in [3.8, 4) is 0 Å². The molecule has 1 aromatic rings. The molecule has 0 amide bonds. The molecule has 1 heteroatoms. The van der Waals surface area contributed by atoms with E-state index < -0.39 is 0 Å². The smallest absolute Gasteiger partial charge is 0.0236 e. The predicted molar refractivity (Wildman–Crippen MR) is 71.4 cm³/mol. The molecule has 1 atom stereocenters. The highest BCUT2D eigenvalue weighted by molar-refractivity contribution is 5.14. The fourth-order valence-corrected chi connectivity index (χ4v) is 1.95. The Morgan fingerprint density at radius 3 is 2.19 bits per heavy atom. The van der Waals surface area contributed by atoms with Crippen LogP contribution in [-0.2, 0) is 6.54 Å². The van der Waals surface area contributed by atoms with Gasteiger partial charge < -0.3 is 0 Å². The maximum Gasteiger partial charge on any atom is 0.0236 e. The van der Waals surface area contributed by atoms with Crippen molar-refractivity contribution in [2.24, 2.45) is 5.92 Å². The lowest BCUT2D eigenvalue weighted by Crippen LogP contribution is -2.36. The summed E-state index contributed by atoms with van der Waals surface area (Å²) < 4.78 is 0. The van der Waals surface area contributed by atoms with E-state index in [1.807, 2.05) is 0 Å². The standard InChI is InChI=1S/C15H25N/c1-5-11-16(14(4)13(2)3)12-15-9-7-6-8-10-15/h6-10,13-14H,5,11-12H2,1-4H3. The van der Waals surface area contributed by atoms with E-state index in [9.17, 15) is 0 Å². The van der Waals surface area contributed by atoms with Crippen LogP contribution in [0.4, 0.5) is 0 Å². The summed E-state index contributed by atoms with van der Waals surface area (Å²) in [5.41, 5.74) is 1.42. The number of benzene rings is 1. The van der Waals surface area contributed by atoms with Crippen LogP contribution in [-0.4, -0.2) is 17.5 Å². The third-order valence-corrected chi connectivity index (χ3v) is 3.28. The molecule has 0 spiro atoms. The van der Waals surface area contributed by atoms with Crippen LogP contribution in [0.25, 0.3) is 0 Å². The van der Waals surface area contributed by atoms with Gasteiger partial charge in [0.15, 0.2) is 0 Å². The van der Waals surface area contributed by atoms with Gasteiger partial charge in [-0.3, -0.25) is 4.90 Å². The maximum absolute atomic E-state index is 2.58. The van der Waals surface area contributed by atoms with Gasteiger partial charge in [0.2, 0.25) is 0 Å². The zero-order valence-electron chi connectivity index (χ0n) is 11.1. The van der Waals surface area contributed by atoms with E-state index in [4.69, 9.17) is 0 Å². The van der Waals surface area contributed by atoms with Crippen molar-refractivity contribution < 1.29 is 0 Å². The Hall–Kier alpha value is -0.820. The molecule has 0 aliphatic heterocycles. The maximum atomic E-state index is 2.58. The van der Waals surface area contributed by atoms with Crippen molar-refractivity contribution in [1.29, 1.82) is 0 Å². The molecule has 90 valence electrons. The van der Waals surface area contributed by atoms with Gasteiger partial charge in [0, 0.05) is 12.6 Å². The molecule has 0 heterocycles. The zero-order chi connectivity index (χ0) is 12.0. The zero-order valence-corrected chi connectivity index (χ0v) is 11.1. The summed E-state index contributed by atoms with van der Waals surface area (Å²) in [6.07, 6.45) is 1.23. The molecule has 16 heavy (non-hydrogen) atoms. The average molecular weight is 219 g/mol. The summed E-state index contributed by atoms with van der Waals surface area (Å²) in [5.74, 6) is 0.718. The Labute approximate surface area is 100 Å². The van der Waals surface area contributed by atoms with Crippen LogP contribution in [0.3, 0.4) is 0 Å². The molecule has 0 aromatic heterocycles. The Kier molecular flexibility index (Phi) is 5.54. The molecule has 1 unspecified atom stereocenters. The molecule has 0 aliphatic rings. The number of hydrogen-bond donors (Lipinski definition) is 0. The predicted octanol–water partition coefficient (Wildman–Crippen LogP) is 3.94. The van der Waals surface area contributed by atoms with Crippen LogP contribution in [0.5, 0.6) is 0 Å². The molecular formula is C15H25N. The van der Waals surface area contributed by atoms with Gasteiger partial charge in [-0.05, 0) is 31.4 Å². The summed E-state index contributed by atoms with van der Waals surface area (Å²) in [6, 6.07) is 11.4. The van der Waals surface area contributed by atoms with E-state index in [0.29, 0.717) is 6.04 Å². The molecular weight excluding hydrogens is 194 g/mol. The second-order valence-electron chi connectivity index (χ2n) is 4.94. The van der Waals surface area contributed by atoms with Crippen LogP contribution in [0.1, 0.15) is 39.7 Å². The van der Waals surface area contributed by atoms with Crippen LogP contribution in [0.15, 0.2) is 30.3 Å². The summed E-state index contributed by atoms with van der Waals surface area (Å²) in [7, 11) is 0. The first kappa shape index (κ1) is 13.2. The van der Waals surface area contributed by atoms with Gasteiger partial charge >= 0.3 is 0 Å². The molecule has 0 radical (unpaired) electrons. The minimum Gasteiger partial charge on any atom is -0.296 e. The van der Waals surface area contributed by atoms with E-state index in [2.05, 4.69) is 62.9 Å². The molecule has 0 N–H and O–H groups in total. The minimum absolute atomic E-state index is 0.653. The van der Waals surface area contributed by atoms with Gasteiger partial charge in [-0.15, -0.1) is 0 Å². The summed E-state index contributed by atoms with van der Waals surface area (Å²) in [4.78, 5) is 2.58. The first-order valence-corrected chi connectivity index (χ1v) is 6.43. The first-order valence-electron chi connectivity index (χ1n) is 6.43. The molecule has 0 fully saturated rings. The Morgan fingerprint density at radius 1 is 1.06 bits per heavy atom. The van der Waals surface area contributed by atoms with E-state index in [-0.39, 0.29) is 0 Å². The van der Waals surface area contributed by atoms with Gasteiger partial charge in [0.25, 0.3) is 0 Å². The number of rotatable bonds is 6. The van der Waals surface area contributed by atoms with Gasteiger partial charge in [-0.1, -0.05) is 51.1 Å². The highest BCUT2D eigenvalue weighted by atomic mass is 15.1. The molecule has 0 saturated heterocycles. The van der Waals surface area contributed by atoms with E-state index in [0.717, 1.165) is 12.5 Å². The molecule has 0 bridgehead atoms. The molecule has 1 nitrogen and oxygen atoms in total. The van der Waals surface area contributed by atoms with E-state index >= 15 is 0 Å². The van der Waals surface area contributed by atoms with Crippen molar-refractivity contribution in [3.05, 3.63) is 35.9 Å². The molecule has 0 saturated carbocycles. The van der Waals surface area contributed by atoms with Crippen molar-refractivity contribution in [2.45, 2.75) is 46.7 Å². The summed E-state index contributed by atoms with van der Waals surface area (Å²) >= 11 is 0. The average Bonchev–Trinajstić information content (AvgIpc) is 2.29. The summed E-state index contributed by atoms with van der Waals surface area (Å²) in [6.45, 7) is 11.5. The second-order valence-corrected chi connectivity index (χ2v) is 4.94. The number of nitrogens with zero attached hydrogens (tertiary/aromatic N) is 1. The van der Waals surface area contributed by atoms with Crippen molar-refractivity contribution in [1.82, 2.24) is 4.90 Å². The minimum atomic E-state index is 0.653. The monoisotopic (exact) mass is 219 g/mol. The fraction of sp³-hybridized carbons (Fsp3) is 0.600. The van der Waals surface area contributed by atoms with E-state index in [1.165, 1.54) is 18.5 Å². The van der Waals surface area contributed by atoms with Gasteiger partial charge in [0.1, 0.15) is 0 Å². The SMILES string of the molecule is CCCN(Cc1ccccc1)C(C)C(C)C. The van der Waals surface area contributed by atoms with Gasteiger partial charge in [-0.25, -0.2) is 0 Å². The van der Waals surface area contributed by atoms with Crippen molar-refractivity contribution in [2.75, 3.05) is 6.54 Å².